The van der Waals surface area contributed by atoms with Gasteiger partial charge in [-0.25, -0.2) is 0 Å². The van der Waals surface area contributed by atoms with Gasteiger partial charge in [0.25, 0.3) is 0 Å². The lowest BCUT2D eigenvalue weighted by Crippen LogP contribution is -2.31. The van der Waals surface area contributed by atoms with E-state index in [-0.39, 0.29) is 0 Å². The molecule has 0 aliphatic carbocycles. The molecule has 0 aliphatic heterocycles. The van der Waals surface area contributed by atoms with Crippen LogP contribution in [0.1, 0.15) is 22.3 Å². The molecule has 0 fully saturated rings. The normalized spacial score (nSPS) is 10.9. The SMILES string of the molecule is Cc1ccccc1COc1ccc2ccccc2c1/C=N/NC(=S)NCc1ccccc1. The minimum atomic E-state index is 0.465. The molecule has 0 heterocycles. The Morgan fingerprint density at radius 3 is 2.50 bits per heavy atom. The van der Waals surface area contributed by atoms with Crippen LogP contribution in [0.15, 0.2) is 96.1 Å². The molecule has 5 heteroatoms. The van der Waals surface area contributed by atoms with Gasteiger partial charge in [-0.2, -0.15) is 5.10 Å². The Kier molecular flexibility index (Phi) is 7.10. The van der Waals surface area contributed by atoms with Gasteiger partial charge in [-0.15, -0.1) is 0 Å². The van der Waals surface area contributed by atoms with Gasteiger partial charge in [0.15, 0.2) is 5.11 Å². The fraction of sp³-hybridized carbons (Fsp3) is 0.111. The number of hydrogen-bond acceptors (Lipinski definition) is 3. The molecule has 0 radical (unpaired) electrons. The Morgan fingerprint density at radius 1 is 0.906 bits per heavy atom. The smallest absolute Gasteiger partial charge is 0.187 e. The third-order valence-electron chi connectivity index (χ3n) is 5.23. The first-order valence-corrected chi connectivity index (χ1v) is 10.9. The molecule has 0 aliphatic rings. The molecule has 0 amide bonds. The zero-order valence-electron chi connectivity index (χ0n) is 17.9. The number of rotatable bonds is 7. The topological polar surface area (TPSA) is 45.6 Å². The average Bonchev–Trinajstić information content (AvgIpc) is 2.83. The number of hydrogen-bond donors (Lipinski definition) is 2. The largest absolute Gasteiger partial charge is 0.488 e. The minimum absolute atomic E-state index is 0.465. The quantitative estimate of drug-likeness (QED) is 0.219. The van der Waals surface area contributed by atoms with Gasteiger partial charge < -0.3 is 10.1 Å². The second kappa shape index (κ2) is 10.6. The fourth-order valence-electron chi connectivity index (χ4n) is 3.44. The maximum atomic E-state index is 6.21. The molecule has 4 nitrogen and oxygen atoms in total. The molecule has 2 N–H and O–H groups in total. The van der Waals surface area contributed by atoms with Crippen molar-refractivity contribution >= 4 is 34.3 Å². The van der Waals surface area contributed by atoms with Gasteiger partial charge in [0.1, 0.15) is 12.4 Å². The minimum Gasteiger partial charge on any atom is -0.488 e. The maximum absolute atomic E-state index is 6.21. The number of benzene rings is 4. The van der Waals surface area contributed by atoms with Crippen molar-refractivity contribution in [1.29, 1.82) is 0 Å². The summed E-state index contributed by atoms with van der Waals surface area (Å²) in [6.07, 6.45) is 1.77. The van der Waals surface area contributed by atoms with Crippen molar-refractivity contribution in [2.75, 3.05) is 0 Å². The van der Waals surface area contributed by atoms with Gasteiger partial charge in [-0.05, 0) is 52.7 Å². The summed E-state index contributed by atoms with van der Waals surface area (Å²) in [7, 11) is 0. The second-order valence-electron chi connectivity index (χ2n) is 7.45. The number of hydrazone groups is 1. The number of ether oxygens (including phenoxy) is 1. The molecule has 0 atom stereocenters. The molecule has 4 aromatic carbocycles. The monoisotopic (exact) mass is 439 g/mol. The number of thiocarbonyl (C=S) groups is 1. The van der Waals surface area contributed by atoms with Crippen LogP contribution in [0.3, 0.4) is 0 Å². The molecule has 0 bridgehead atoms. The van der Waals surface area contributed by atoms with E-state index in [4.69, 9.17) is 17.0 Å². The van der Waals surface area contributed by atoms with Crippen molar-refractivity contribution < 1.29 is 4.74 Å². The van der Waals surface area contributed by atoms with E-state index in [1.807, 2.05) is 60.7 Å². The molecule has 0 saturated heterocycles. The van der Waals surface area contributed by atoms with Crippen LogP contribution in [0.2, 0.25) is 0 Å². The van der Waals surface area contributed by atoms with E-state index in [1.165, 1.54) is 5.56 Å². The van der Waals surface area contributed by atoms with Gasteiger partial charge in [0.2, 0.25) is 0 Å². The van der Waals surface area contributed by atoms with E-state index in [0.717, 1.165) is 33.2 Å². The number of nitrogens with zero attached hydrogens (tertiary/aromatic N) is 1. The number of nitrogens with one attached hydrogen (secondary N) is 2. The van der Waals surface area contributed by atoms with Gasteiger partial charge >= 0.3 is 0 Å². The second-order valence-corrected chi connectivity index (χ2v) is 7.86. The summed E-state index contributed by atoms with van der Waals surface area (Å²) in [6.45, 7) is 3.23. The Hall–Kier alpha value is -3.70. The lowest BCUT2D eigenvalue weighted by Gasteiger charge is -2.13. The van der Waals surface area contributed by atoms with Crippen LogP contribution in [0.5, 0.6) is 5.75 Å². The van der Waals surface area contributed by atoms with Crippen LogP contribution < -0.4 is 15.5 Å². The predicted molar refractivity (Wildman–Crippen MR) is 136 cm³/mol. The van der Waals surface area contributed by atoms with E-state index >= 15 is 0 Å². The summed E-state index contributed by atoms with van der Waals surface area (Å²) in [5, 5.41) is 10.2. The molecule has 4 aromatic rings. The molecule has 0 unspecified atom stereocenters. The van der Waals surface area contributed by atoms with Gasteiger partial charge in [-0.1, -0.05) is 84.9 Å². The fourth-order valence-corrected chi connectivity index (χ4v) is 3.56. The van der Waals surface area contributed by atoms with Gasteiger partial charge in [0, 0.05) is 12.1 Å². The zero-order chi connectivity index (χ0) is 22.2. The lowest BCUT2D eigenvalue weighted by atomic mass is 10.0. The molecule has 4 rings (SSSR count). The van der Waals surface area contributed by atoms with Crippen LogP contribution in [0, 0.1) is 6.92 Å². The first-order chi connectivity index (χ1) is 15.7. The van der Waals surface area contributed by atoms with Crippen LogP contribution in [0.4, 0.5) is 0 Å². The number of aryl methyl sites for hydroxylation is 1. The van der Waals surface area contributed by atoms with Crippen LogP contribution in [-0.2, 0) is 13.2 Å². The Morgan fingerprint density at radius 2 is 1.66 bits per heavy atom. The van der Waals surface area contributed by atoms with Crippen LogP contribution in [-0.4, -0.2) is 11.3 Å². The molecule has 160 valence electrons. The third-order valence-corrected chi connectivity index (χ3v) is 5.47. The highest BCUT2D eigenvalue weighted by atomic mass is 32.1. The van der Waals surface area contributed by atoms with Crippen molar-refractivity contribution in [3.8, 4) is 5.75 Å². The summed E-state index contributed by atoms with van der Waals surface area (Å²) in [4.78, 5) is 0. The highest BCUT2D eigenvalue weighted by Crippen LogP contribution is 2.27. The van der Waals surface area contributed by atoms with E-state index in [0.29, 0.717) is 18.3 Å². The van der Waals surface area contributed by atoms with Crippen molar-refractivity contribution in [3.63, 3.8) is 0 Å². The number of fused-ring (bicyclic) bond motifs is 1. The summed E-state index contributed by atoms with van der Waals surface area (Å²) in [6, 6.07) is 30.6. The van der Waals surface area contributed by atoms with Gasteiger partial charge in [-0.3, -0.25) is 5.43 Å². The highest BCUT2D eigenvalue weighted by Gasteiger charge is 2.08. The summed E-state index contributed by atoms with van der Waals surface area (Å²) >= 11 is 5.36. The van der Waals surface area contributed by atoms with Crippen LogP contribution >= 0.6 is 12.2 Å². The first-order valence-electron chi connectivity index (χ1n) is 10.5. The highest BCUT2D eigenvalue weighted by molar-refractivity contribution is 7.80. The van der Waals surface area contributed by atoms with E-state index in [2.05, 4.69) is 53.1 Å². The Balaban J connectivity index is 1.49. The summed E-state index contributed by atoms with van der Waals surface area (Å²) < 4.78 is 6.21. The standard InChI is InChI=1S/C27H25N3OS/c1-20-9-5-6-13-23(20)19-31-26-16-15-22-12-7-8-14-24(22)25(26)18-29-30-27(32)28-17-21-10-3-2-4-11-21/h2-16,18H,17,19H2,1H3,(H2,28,30,32)/b29-18+. The molecule has 0 aromatic heterocycles. The van der Waals surface area contributed by atoms with E-state index in [1.54, 1.807) is 6.21 Å². The molecule has 0 spiro atoms. The molecule has 0 saturated carbocycles. The van der Waals surface area contributed by atoms with E-state index < -0.39 is 0 Å². The van der Waals surface area contributed by atoms with E-state index in [9.17, 15) is 0 Å². The van der Waals surface area contributed by atoms with Crippen molar-refractivity contribution in [3.05, 3.63) is 113 Å². The third kappa shape index (κ3) is 5.50. The summed E-state index contributed by atoms with van der Waals surface area (Å²) in [5.74, 6) is 0.778. The van der Waals surface area contributed by atoms with Crippen molar-refractivity contribution in [1.82, 2.24) is 10.7 Å². The predicted octanol–water partition coefficient (Wildman–Crippen LogP) is 5.73. The van der Waals surface area contributed by atoms with Crippen molar-refractivity contribution in [2.45, 2.75) is 20.1 Å². The first kappa shape index (κ1) is 21.5. The molecule has 32 heavy (non-hydrogen) atoms. The Labute approximate surface area is 193 Å². The molecular weight excluding hydrogens is 414 g/mol. The zero-order valence-corrected chi connectivity index (χ0v) is 18.7. The van der Waals surface area contributed by atoms with Gasteiger partial charge in [0.05, 0.1) is 6.21 Å². The van der Waals surface area contributed by atoms with Crippen LogP contribution in [0.25, 0.3) is 10.8 Å². The molecular formula is C27H25N3OS. The maximum Gasteiger partial charge on any atom is 0.187 e. The van der Waals surface area contributed by atoms with Crippen molar-refractivity contribution in [2.24, 2.45) is 5.10 Å². The Bertz CT molecular complexity index is 1240. The summed E-state index contributed by atoms with van der Waals surface area (Å²) in [5.41, 5.74) is 7.35. The lowest BCUT2D eigenvalue weighted by molar-refractivity contribution is 0.305. The average molecular weight is 440 g/mol.